The van der Waals surface area contributed by atoms with Crippen LogP contribution in [0.4, 0.5) is 10.5 Å². The van der Waals surface area contributed by atoms with Gasteiger partial charge in [-0.1, -0.05) is 27.5 Å². The van der Waals surface area contributed by atoms with Crippen LogP contribution in [0.1, 0.15) is 5.56 Å². The van der Waals surface area contributed by atoms with Crippen molar-refractivity contribution in [1.29, 1.82) is 5.41 Å². The first-order valence-electron chi connectivity index (χ1n) is 4.70. The molecule has 0 aliphatic carbocycles. The van der Waals surface area contributed by atoms with E-state index in [0.29, 0.717) is 10.7 Å². The SMILES string of the molecule is CNC(=O)N(C(=N)N)c1c(C)cc(Br)cc1Cl.Cl. The molecular weight excluding hydrogens is 343 g/mol. The molecule has 4 N–H and O–H groups in total. The third kappa shape index (κ3) is 3.51. The number of aryl methyl sites for hydroxylation is 1. The molecule has 0 unspecified atom stereocenters. The lowest BCUT2D eigenvalue weighted by Crippen LogP contribution is -2.46. The van der Waals surface area contributed by atoms with Gasteiger partial charge in [-0.05, 0) is 24.6 Å². The van der Waals surface area contributed by atoms with Crippen molar-refractivity contribution >= 4 is 57.6 Å². The first kappa shape index (κ1) is 17.0. The van der Waals surface area contributed by atoms with Crippen LogP contribution < -0.4 is 16.0 Å². The summed E-state index contributed by atoms with van der Waals surface area (Å²) in [5.74, 6) is -0.392. The maximum Gasteiger partial charge on any atom is 0.328 e. The summed E-state index contributed by atoms with van der Waals surface area (Å²) in [6.45, 7) is 1.78. The molecule has 1 aromatic rings. The first-order valence-corrected chi connectivity index (χ1v) is 5.87. The number of guanidine groups is 1. The normalized spacial score (nSPS) is 9.33. The van der Waals surface area contributed by atoms with E-state index in [2.05, 4.69) is 21.2 Å². The van der Waals surface area contributed by atoms with Crippen LogP contribution in [0.3, 0.4) is 0 Å². The second-order valence-corrected chi connectivity index (χ2v) is 4.65. The van der Waals surface area contributed by atoms with Crippen molar-refractivity contribution in [3.8, 4) is 0 Å². The zero-order valence-corrected chi connectivity index (χ0v) is 12.9. The molecule has 0 saturated carbocycles. The molecule has 0 saturated heterocycles. The number of hydrogen-bond donors (Lipinski definition) is 3. The molecular formula is C10H13BrCl2N4O. The van der Waals surface area contributed by atoms with E-state index in [1.165, 1.54) is 7.05 Å². The van der Waals surface area contributed by atoms with Gasteiger partial charge in [-0.3, -0.25) is 5.41 Å². The van der Waals surface area contributed by atoms with E-state index in [1.54, 1.807) is 19.1 Å². The van der Waals surface area contributed by atoms with Crippen molar-refractivity contribution in [3.63, 3.8) is 0 Å². The highest BCUT2D eigenvalue weighted by molar-refractivity contribution is 9.10. The molecule has 0 aromatic heterocycles. The monoisotopic (exact) mass is 354 g/mol. The molecule has 0 fully saturated rings. The number of nitrogens with two attached hydrogens (primary N) is 1. The fraction of sp³-hybridized carbons (Fsp3) is 0.200. The smallest absolute Gasteiger partial charge is 0.328 e. The van der Waals surface area contributed by atoms with E-state index in [1.807, 2.05) is 0 Å². The number of nitrogens with zero attached hydrogens (tertiary/aromatic N) is 1. The zero-order chi connectivity index (χ0) is 13.2. The molecule has 18 heavy (non-hydrogen) atoms. The first-order chi connectivity index (χ1) is 7.88. The van der Waals surface area contributed by atoms with Crippen LogP contribution in [0.25, 0.3) is 0 Å². The van der Waals surface area contributed by atoms with Gasteiger partial charge >= 0.3 is 6.03 Å². The minimum atomic E-state index is -0.509. The van der Waals surface area contributed by atoms with Gasteiger partial charge in [-0.25, -0.2) is 9.69 Å². The number of hydrogen-bond acceptors (Lipinski definition) is 2. The van der Waals surface area contributed by atoms with Gasteiger partial charge in [0.2, 0.25) is 5.96 Å². The number of carbonyl (C=O) groups excluding carboxylic acids is 1. The number of anilines is 1. The summed E-state index contributed by atoms with van der Waals surface area (Å²) in [6.07, 6.45) is 0. The van der Waals surface area contributed by atoms with Crippen LogP contribution in [-0.4, -0.2) is 19.0 Å². The number of urea groups is 1. The Kier molecular flexibility index (Phi) is 6.45. The lowest BCUT2D eigenvalue weighted by atomic mass is 10.2. The zero-order valence-electron chi connectivity index (χ0n) is 9.75. The number of benzene rings is 1. The Bertz CT molecular complexity index is 458. The Hall–Kier alpha value is -0.980. The summed E-state index contributed by atoms with van der Waals surface area (Å²) >= 11 is 9.37. The second-order valence-electron chi connectivity index (χ2n) is 3.33. The number of amides is 2. The molecule has 1 rings (SSSR count). The van der Waals surface area contributed by atoms with Crippen molar-refractivity contribution < 1.29 is 4.79 Å². The quantitative estimate of drug-likeness (QED) is 0.534. The van der Waals surface area contributed by atoms with Crippen LogP contribution in [-0.2, 0) is 0 Å². The number of rotatable bonds is 1. The van der Waals surface area contributed by atoms with E-state index >= 15 is 0 Å². The Morgan fingerprint density at radius 3 is 2.50 bits per heavy atom. The summed E-state index contributed by atoms with van der Waals surface area (Å²) in [7, 11) is 1.46. The average Bonchev–Trinajstić information content (AvgIpc) is 2.21. The van der Waals surface area contributed by atoms with Gasteiger partial charge in [-0.2, -0.15) is 0 Å². The van der Waals surface area contributed by atoms with E-state index in [9.17, 15) is 4.79 Å². The predicted octanol–water partition coefficient (Wildman–Crippen LogP) is 2.87. The Labute approximate surface area is 125 Å². The summed E-state index contributed by atoms with van der Waals surface area (Å²) in [5.41, 5.74) is 6.54. The topological polar surface area (TPSA) is 82.2 Å². The van der Waals surface area contributed by atoms with Crippen molar-refractivity contribution in [2.24, 2.45) is 5.73 Å². The maximum absolute atomic E-state index is 11.7. The molecule has 0 aliphatic heterocycles. The summed E-state index contributed by atoms with van der Waals surface area (Å²) in [4.78, 5) is 12.7. The van der Waals surface area contributed by atoms with E-state index in [0.717, 1.165) is 14.9 Å². The van der Waals surface area contributed by atoms with Gasteiger partial charge in [-0.15, -0.1) is 12.4 Å². The Balaban J connectivity index is 0.00000289. The van der Waals surface area contributed by atoms with Crippen LogP contribution >= 0.6 is 39.9 Å². The van der Waals surface area contributed by atoms with Gasteiger partial charge in [0.05, 0.1) is 10.7 Å². The molecule has 5 nitrogen and oxygen atoms in total. The summed E-state index contributed by atoms with van der Waals surface area (Å²) in [6, 6.07) is 2.92. The van der Waals surface area contributed by atoms with Crippen LogP contribution in [0.5, 0.6) is 0 Å². The second kappa shape index (κ2) is 6.82. The number of nitrogens with one attached hydrogen (secondary N) is 2. The largest absolute Gasteiger partial charge is 0.369 e. The molecule has 0 spiro atoms. The van der Waals surface area contributed by atoms with Crippen LogP contribution in [0, 0.1) is 12.3 Å². The highest BCUT2D eigenvalue weighted by Gasteiger charge is 2.22. The predicted molar refractivity (Wildman–Crippen MR) is 80.0 cm³/mol. The van der Waals surface area contributed by atoms with Gasteiger partial charge in [0.25, 0.3) is 0 Å². The summed E-state index contributed by atoms with van der Waals surface area (Å²) < 4.78 is 0.796. The number of carbonyl (C=O) groups is 1. The molecule has 0 bridgehead atoms. The fourth-order valence-electron chi connectivity index (χ4n) is 1.42. The van der Waals surface area contributed by atoms with E-state index in [4.69, 9.17) is 22.7 Å². The molecule has 0 atom stereocenters. The van der Waals surface area contributed by atoms with Crippen LogP contribution in [0.2, 0.25) is 5.02 Å². The van der Waals surface area contributed by atoms with Crippen molar-refractivity contribution in [3.05, 3.63) is 27.2 Å². The van der Waals surface area contributed by atoms with Crippen molar-refractivity contribution in [2.45, 2.75) is 6.92 Å². The Morgan fingerprint density at radius 2 is 2.11 bits per heavy atom. The Morgan fingerprint density at radius 1 is 1.56 bits per heavy atom. The van der Waals surface area contributed by atoms with Gasteiger partial charge < -0.3 is 11.1 Å². The minimum absolute atomic E-state index is 0. The lowest BCUT2D eigenvalue weighted by Gasteiger charge is -2.23. The molecule has 8 heteroatoms. The lowest BCUT2D eigenvalue weighted by molar-refractivity contribution is 0.251. The number of halogens is 3. The molecule has 1 aromatic carbocycles. The fourth-order valence-corrected chi connectivity index (χ4v) is 2.48. The van der Waals surface area contributed by atoms with Crippen molar-refractivity contribution in [1.82, 2.24) is 5.32 Å². The molecule has 0 heterocycles. The summed E-state index contributed by atoms with van der Waals surface area (Å²) in [5, 5.41) is 10.2. The molecule has 0 aliphatic rings. The highest BCUT2D eigenvalue weighted by Crippen LogP contribution is 2.32. The van der Waals surface area contributed by atoms with Gasteiger partial charge in [0.15, 0.2) is 0 Å². The average molecular weight is 356 g/mol. The third-order valence-corrected chi connectivity index (χ3v) is 2.85. The standard InChI is InChI=1S/C10H12BrClN4O.ClH/c1-5-3-6(11)4-7(12)8(5)16(9(13)14)10(17)15-2;/h3-4H,1-2H3,(H3,13,14)(H,15,17);1H. The van der Waals surface area contributed by atoms with Crippen molar-refractivity contribution in [2.75, 3.05) is 11.9 Å². The molecule has 100 valence electrons. The highest BCUT2D eigenvalue weighted by atomic mass is 79.9. The van der Waals surface area contributed by atoms with E-state index in [-0.39, 0.29) is 12.4 Å². The minimum Gasteiger partial charge on any atom is -0.369 e. The molecule has 2 amide bonds. The maximum atomic E-state index is 11.7. The molecule has 0 radical (unpaired) electrons. The van der Waals surface area contributed by atoms with Gasteiger partial charge in [0.1, 0.15) is 0 Å². The third-order valence-electron chi connectivity index (χ3n) is 2.10. The van der Waals surface area contributed by atoms with E-state index < -0.39 is 12.0 Å². The van der Waals surface area contributed by atoms with Crippen LogP contribution in [0.15, 0.2) is 16.6 Å². The van der Waals surface area contributed by atoms with Gasteiger partial charge in [0, 0.05) is 11.5 Å².